The van der Waals surface area contributed by atoms with E-state index in [-0.39, 0.29) is 16.6 Å². The van der Waals surface area contributed by atoms with Crippen LogP contribution in [0.2, 0.25) is 0 Å². The summed E-state index contributed by atoms with van der Waals surface area (Å²) in [5.74, 6) is 0.000862. The van der Waals surface area contributed by atoms with Gasteiger partial charge in [-0.25, -0.2) is 4.98 Å². The lowest BCUT2D eigenvalue weighted by Crippen LogP contribution is -2.02. The highest BCUT2D eigenvalue weighted by Crippen LogP contribution is 2.37. The van der Waals surface area contributed by atoms with Gasteiger partial charge in [-0.15, -0.1) is 0 Å². The Bertz CT molecular complexity index is 578. The maximum atomic E-state index is 11.1. The lowest BCUT2D eigenvalue weighted by molar-refractivity contribution is -0.389. The van der Waals surface area contributed by atoms with Crippen molar-refractivity contribution >= 4 is 17.4 Å². The summed E-state index contributed by atoms with van der Waals surface area (Å²) in [4.78, 5) is 19.3. The molecule has 0 aliphatic rings. The summed E-state index contributed by atoms with van der Waals surface area (Å²) < 4.78 is 5.17. The molecule has 0 aliphatic heterocycles. The van der Waals surface area contributed by atoms with Gasteiger partial charge in [-0.3, -0.25) is 10.1 Å². The summed E-state index contributed by atoms with van der Waals surface area (Å²) >= 11 is 1.21. The van der Waals surface area contributed by atoms with Crippen LogP contribution in [0.4, 0.5) is 5.69 Å². The Morgan fingerprint density at radius 3 is 2.68 bits per heavy atom. The summed E-state index contributed by atoms with van der Waals surface area (Å²) in [6.07, 6.45) is 1.27. The molecule has 1 aromatic carbocycles. The van der Waals surface area contributed by atoms with Crippen LogP contribution < -0.4 is 4.74 Å². The van der Waals surface area contributed by atoms with Crippen LogP contribution in [-0.2, 0) is 0 Å². The zero-order valence-corrected chi connectivity index (χ0v) is 11.0. The summed E-state index contributed by atoms with van der Waals surface area (Å²) in [5.41, 5.74) is -0.196. The van der Waals surface area contributed by atoms with E-state index in [0.29, 0.717) is 6.61 Å². The van der Waals surface area contributed by atoms with Gasteiger partial charge < -0.3 is 4.74 Å². The number of hydrogen-bond donors (Lipinski definition) is 0. The highest BCUT2D eigenvalue weighted by Gasteiger charge is 2.24. The molecule has 2 rings (SSSR count). The third kappa shape index (κ3) is 3.19. The van der Waals surface area contributed by atoms with Gasteiger partial charge in [0.15, 0.2) is 5.03 Å². The molecule has 1 heterocycles. The molecular formula is C12H11N3O3S. The molecule has 1 aromatic heterocycles. The Morgan fingerprint density at radius 1 is 1.32 bits per heavy atom. The Balaban J connectivity index is 2.39. The first-order valence-corrected chi connectivity index (χ1v) is 6.39. The lowest BCUT2D eigenvalue weighted by atomic mass is 10.4. The normalized spacial score (nSPS) is 10.2. The van der Waals surface area contributed by atoms with E-state index < -0.39 is 4.92 Å². The summed E-state index contributed by atoms with van der Waals surface area (Å²) in [6.45, 7) is 2.06. The minimum absolute atomic E-state index is 0.000862. The SMILES string of the molecule is CCOc1ncnc(Sc2ccccc2)c1[N+](=O)[O-]. The number of nitro groups is 1. The van der Waals surface area contributed by atoms with Crippen LogP contribution in [0.3, 0.4) is 0 Å². The molecule has 0 unspecified atom stereocenters. The van der Waals surface area contributed by atoms with E-state index in [9.17, 15) is 10.1 Å². The second-order valence-electron chi connectivity index (χ2n) is 3.44. The first-order valence-electron chi connectivity index (χ1n) is 5.57. The predicted octanol–water partition coefficient (Wildman–Crippen LogP) is 2.93. The monoisotopic (exact) mass is 277 g/mol. The zero-order valence-electron chi connectivity index (χ0n) is 10.1. The van der Waals surface area contributed by atoms with Crippen LogP contribution in [-0.4, -0.2) is 21.5 Å². The van der Waals surface area contributed by atoms with Crippen molar-refractivity contribution < 1.29 is 9.66 Å². The van der Waals surface area contributed by atoms with Crippen molar-refractivity contribution in [3.8, 4) is 5.88 Å². The first-order chi connectivity index (χ1) is 9.22. The average Bonchev–Trinajstić information content (AvgIpc) is 2.40. The molecule has 19 heavy (non-hydrogen) atoms. The van der Waals surface area contributed by atoms with Crippen molar-refractivity contribution in [2.24, 2.45) is 0 Å². The third-order valence-corrected chi connectivity index (χ3v) is 3.18. The second-order valence-corrected chi connectivity index (χ2v) is 4.50. The summed E-state index contributed by atoms with van der Waals surface area (Å²) in [7, 11) is 0. The van der Waals surface area contributed by atoms with Crippen molar-refractivity contribution in [2.45, 2.75) is 16.8 Å². The van der Waals surface area contributed by atoms with Gasteiger partial charge >= 0.3 is 5.69 Å². The fourth-order valence-corrected chi connectivity index (χ4v) is 2.30. The fourth-order valence-electron chi connectivity index (χ4n) is 1.42. The summed E-state index contributed by atoms with van der Waals surface area (Å²) in [5, 5.41) is 11.4. The molecule has 6 nitrogen and oxygen atoms in total. The number of ether oxygens (including phenoxy) is 1. The third-order valence-electron chi connectivity index (χ3n) is 2.18. The Hall–Kier alpha value is -2.15. The average molecular weight is 277 g/mol. The smallest absolute Gasteiger partial charge is 0.363 e. The molecule has 0 spiro atoms. The molecule has 0 saturated carbocycles. The number of rotatable bonds is 5. The van der Waals surface area contributed by atoms with Crippen LogP contribution in [0.5, 0.6) is 5.88 Å². The van der Waals surface area contributed by atoms with Crippen LogP contribution >= 0.6 is 11.8 Å². The molecule has 0 radical (unpaired) electrons. The zero-order chi connectivity index (χ0) is 13.7. The van der Waals surface area contributed by atoms with Crippen molar-refractivity contribution in [1.82, 2.24) is 9.97 Å². The van der Waals surface area contributed by atoms with Crippen molar-refractivity contribution in [3.63, 3.8) is 0 Å². The lowest BCUT2D eigenvalue weighted by Gasteiger charge is -2.05. The molecule has 7 heteroatoms. The first kappa shape index (κ1) is 13.3. The minimum atomic E-state index is -0.518. The maximum absolute atomic E-state index is 11.1. The molecule has 0 bridgehead atoms. The van der Waals surface area contributed by atoms with Gasteiger partial charge in [0.2, 0.25) is 0 Å². The second kappa shape index (κ2) is 6.14. The molecule has 0 saturated heterocycles. The van der Waals surface area contributed by atoms with E-state index in [2.05, 4.69) is 9.97 Å². The van der Waals surface area contributed by atoms with E-state index in [4.69, 9.17) is 4.74 Å². The highest BCUT2D eigenvalue weighted by molar-refractivity contribution is 7.99. The molecule has 0 aliphatic carbocycles. The van der Waals surface area contributed by atoms with E-state index in [1.807, 2.05) is 30.3 Å². The van der Waals surface area contributed by atoms with Gasteiger partial charge in [0.1, 0.15) is 6.33 Å². The van der Waals surface area contributed by atoms with Crippen LogP contribution in [0, 0.1) is 10.1 Å². The highest BCUT2D eigenvalue weighted by atomic mass is 32.2. The van der Waals surface area contributed by atoms with Crippen molar-refractivity contribution in [1.29, 1.82) is 0 Å². The van der Waals surface area contributed by atoms with Gasteiger partial charge in [0.05, 0.1) is 11.5 Å². The van der Waals surface area contributed by atoms with Gasteiger partial charge in [0, 0.05) is 4.90 Å². The number of aromatic nitrogens is 2. The minimum Gasteiger partial charge on any atom is -0.473 e. The Morgan fingerprint density at radius 2 is 2.05 bits per heavy atom. The maximum Gasteiger partial charge on any atom is 0.363 e. The van der Waals surface area contributed by atoms with E-state index >= 15 is 0 Å². The summed E-state index contributed by atoms with van der Waals surface area (Å²) in [6, 6.07) is 9.31. The number of benzene rings is 1. The quantitative estimate of drug-likeness (QED) is 0.475. The molecule has 0 fully saturated rings. The van der Waals surface area contributed by atoms with Crippen molar-refractivity contribution in [2.75, 3.05) is 6.61 Å². The van der Waals surface area contributed by atoms with Gasteiger partial charge in [-0.2, -0.15) is 4.98 Å². The standard InChI is InChI=1S/C12H11N3O3S/c1-2-18-11-10(15(16)17)12(14-8-13-11)19-9-6-4-3-5-7-9/h3-8H,2H2,1H3. The topological polar surface area (TPSA) is 78.2 Å². The molecule has 98 valence electrons. The van der Waals surface area contributed by atoms with Crippen molar-refractivity contribution in [3.05, 3.63) is 46.8 Å². The molecule has 0 N–H and O–H groups in total. The van der Waals surface area contributed by atoms with Gasteiger partial charge in [-0.1, -0.05) is 30.0 Å². The Kier molecular flexibility index (Phi) is 4.30. The van der Waals surface area contributed by atoms with Crippen LogP contribution in [0.1, 0.15) is 6.92 Å². The number of hydrogen-bond acceptors (Lipinski definition) is 6. The van der Waals surface area contributed by atoms with Gasteiger partial charge in [-0.05, 0) is 19.1 Å². The van der Waals surface area contributed by atoms with E-state index in [1.165, 1.54) is 18.1 Å². The molecule has 2 aromatic rings. The van der Waals surface area contributed by atoms with Crippen LogP contribution in [0.15, 0.2) is 46.6 Å². The van der Waals surface area contributed by atoms with E-state index in [0.717, 1.165) is 4.90 Å². The fraction of sp³-hybridized carbons (Fsp3) is 0.167. The number of nitrogens with zero attached hydrogens (tertiary/aromatic N) is 3. The predicted molar refractivity (Wildman–Crippen MR) is 70.4 cm³/mol. The van der Waals surface area contributed by atoms with Gasteiger partial charge in [0.25, 0.3) is 5.88 Å². The molecule has 0 atom stereocenters. The largest absolute Gasteiger partial charge is 0.473 e. The Labute approximate surface area is 114 Å². The molecule has 0 amide bonds. The van der Waals surface area contributed by atoms with Crippen LogP contribution in [0.25, 0.3) is 0 Å². The van der Waals surface area contributed by atoms with E-state index in [1.54, 1.807) is 6.92 Å². The molecular weight excluding hydrogens is 266 g/mol.